The predicted molar refractivity (Wildman–Crippen MR) is 155 cm³/mol. The molecule has 0 amide bonds. The van der Waals surface area contributed by atoms with Gasteiger partial charge in [-0.15, -0.1) is 18.4 Å². The number of anilines is 3. The minimum atomic E-state index is -1.77. The topological polar surface area (TPSA) is 3.24 Å². The summed E-state index contributed by atoms with van der Waals surface area (Å²) in [6.45, 7) is 14.1. The summed E-state index contributed by atoms with van der Waals surface area (Å²) >= 11 is 0. The Kier molecular flexibility index (Phi) is 8.30. The molecule has 0 bridgehead atoms. The van der Waals surface area contributed by atoms with Crippen LogP contribution in [0.5, 0.6) is 0 Å². The number of nitrogens with zero attached hydrogens (tertiary/aromatic N) is 1. The molecule has 0 spiro atoms. The summed E-state index contributed by atoms with van der Waals surface area (Å²) in [4.78, 5) is 2.20. The zero-order chi connectivity index (χ0) is 25.6. The molecule has 0 fully saturated rings. The van der Waals surface area contributed by atoms with Crippen molar-refractivity contribution in [1.29, 1.82) is 0 Å². The van der Waals surface area contributed by atoms with E-state index < -0.39 is 8.07 Å². The SMILES string of the molecule is C#Cc1ccc(N(c2ccc(C#C)cc2)c2ccc(C#C[Si](C(C)C)(C(C)C)C(C)C)cc2)cc1. The highest BCUT2D eigenvalue weighted by Crippen LogP contribution is 2.41. The van der Waals surface area contributed by atoms with E-state index >= 15 is 0 Å². The fourth-order valence-corrected chi connectivity index (χ4v) is 10.4. The maximum absolute atomic E-state index is 5.57. The van der Waals surface area contributed by atoms with Gasteiger partial charge in [-0.2, -0.15) is 0 Å². The van der Waals surface area contributed by atoms with Crippen LogP contribution in [0.4, 0.5) is 17.1 Å². The molecule has 3 aromatic carbocycles. The van der Waals surface area contributed by atoms with Gasteiger partial charge in [0, 0.05) is 33.8 Å². The Hall–Kier alpha value is -3.64. The summed E-state index contributed by atoms with van der Waals surface area (Å²) in [6, 6.07) is 24.6. The minimum Gasteiger partial charge on any atom is -0.311 e. The molecule has 0 saturated carbocycles. The highest BCUT2D eigenvalue weighted by atomic mass is 28.3. The second kappa shape index (κ2) is 11.2. The molecular weight excluding hydrogens is 438 g/mol. The summed E-state index contributed by atoms with van der Waals surface area (Å²) < 4.78 is 0. The van der Waals surface area contributed by atoms with Gasteiger partial charge < -0.3 is 4.90 Å². The molecule has 0 N–H and O–H groups in total. The first-order chi connectivity index (χ1) is 16.7. The lowest BCUT2D eigenvalue weighted by Gasteiger charge is -2.38. The van der Waals surface area contributed by atoms with E-state index in [1.54, 1.807) is 0 Å². The fourth-order valence-electron chi connectivity index (χ4n) is 5.17. The molecule has 2 heteroatoms. The van der Waals surface area contributed by atoms with Crippen molar-refractivity contribution < 1.29 is 0 Å². The molecule has 0 aliphatic carbocycles. The van der Waals surface area contributed by atoms with Gasteiger partial charge in [-0.1, -0.05) is 59.3 Å². The first-order valence-electron chi connectivity index (χ1n) is 12.3. The zero-order valence-electron chi connectivity index (χ0n) is 21.8. The highest BCUT2D eigenvalue weighted by Gasteiger charge is 2.41. The number of hydrogen-bond donors (Lipinski definition) is 0. The molecule has 3 aromatic rings. The van der Waals surface area contributed by atoms with Gasteiger partial charge in [0.05, 0.1) is 0 Å². The monoisotopic (exact) mass is 473 g/mol. The number of hydrogen-bond acceptors (Lipinski definition) is 1. The normalized spacial score (nSPS) is 11.1. The van der Waals surface area contributed by atoms with E-state index in [9.17, 15) is 0 Å². The van der Waals surface area contributed by atoms with Gasteiger partial charge in [0.2, 0.25) is 0 Å². The van der Waals surface area contributed by atoms with Crippen LogP contribution in [-0.2, 0) is 0 Å². The van der Waals surface area contributed by atoms with Crippen LogP contribution < -0.4 is 4.90 Å². The van der Waals surface area contributed by atoms with Crippen LogP contribution in [0.1, 0.15) is 58.2 Å². The number of rotatable bonds is 6. The lowest BCUT2D eigenvalue weighted by Crippen LogP contribution is -2.43. The smallest absolute Gasteiger partial charge is 0.146 e. The highest BCUT2D eigenvalue weighted by molar-refractivity contribution is 6.90. The molecule has 0 unspecified atom stereocenters. The van der Waals surface area contributed by atoms with Crippen LogP contribution in [0.2, 0.25) is 16.6 Å². The number of terminal acetylenes is 2. The van der Waals surface area contributed by atoms with Gasteiger partial charge >= 0.3 is 0 Å². The van der Waals surface area contributed by atoms with Crippen molar-refractivity contribution in [2.75, 3.05) is 4.90 Å². The van der Waals surface area contributed by atoms with E-state index in [4.69, 9.17) is 12.8 Å². The minimum absolute atomic E-state index is 0.613. The summed E-state index contributed by atoms with van der Waals surface area (Å²) in [7, 11) is -1.77. The van der Waals surface area contributed by atoms with Crippen LogP contribution >= 0.6 is 0 Å². The molecule has 0 atom stereocenters. The quantitative estimate of drug-likeness (QED) is 0.256. The van der Waals surface area contributed by atoms with Crippen LogP contribution in [0.3, 0.4) is 0 Å². The molecule has 1 nitrogen and oxygen atoms in total. The summed E-state index contributed by atoms with van der Waals surface area (Å²) in [5.41, 5.74) is 11.5. The summed E-state index contributed by atoms with van der Waals surface area (Å²) in [5.74, 6) is 8.94. The van der Waals surface area contributed by atoms with Crippen molar-refractivity contribution in [2.45, 2.75) is 58.2 Å². The maximum Gasteiger partial charge on any atom is 0.146 e. The lowest BCUT2D eigenvalue weighted by molar-refractivity contribution is 0.838. The van der Waals surface area contributed by atoms with Gasteiger partial charge in [-0.3, -0.25) is 0 Å². The van der Waals surface area contributed by atoms with Crippen molar-refractivity contribution in [3.63, 3.8) is 0 Å². The third-order valence-electron chi connectivity index (χ3n) is 7.00. The van der Waals surface area contributed by atoms with E-state index in [0.717, 1.165) is 33.8 Å². The Labute approximate surface area is 213 Å². The van der Waals surface area contributed by atoms with Crippen LogP contribution in [0.25, 0.3) is 0 Å². The largest absolute Gasteiger partial charge is 0.311 e. The Balaban J connectivity index is 2.03. The van der Waals surface area contributed by atoms with Gasteiger partial charge in [0.15, 0.2) is 0 Å². The average Bonchev–Trinajstić information content (AvgIpc) is 2.85. The van der Waals surface area contributed by atoms with Gasteiger partial charge in [0.25, 0.3) is 0 Å². The van der Waals surface area contributed by atoms with E-state index in [2.05, 4.69) is 94.0 Å². The lowest BCUT2D eigenvalue weighted by atomic mass is 10.1. The first kappa shape index (κ1) is 26.0. The molecular formula is C33H35NSi. The Morgan fingerprint density at radius 2 is 0.857 bits per heavy atom. The predicted octanol–water partition coefficient (Wildman–Crippen LogP) is 8.69. The van der Waals surface area contributed by atoms with Crippen molar-refractivity contribution in [3.8, 4) is 36.2 Å². The van der Waals surface area contributed by atoms with Crippen molar-refractivity contribution in [2.24, 2.45) is 0 Å². The van der Waals surface area contributed by atoms with E-state index in [1.807, 2.05) is 48.5 Å². The number of benzene rings is 3. The van der Waals surface area contributed by atoms with Crippen molar-refractivity contribution in [1.82, 2.24) is 0 Å². The van der Waals surface area contributed by atoms with Crippen molar-refractivity contribution in [3.05, 3.63) is 89.5 Å². The first-order valence-corrected chi connectivity index (χ1v) is 14.5. The molecule has 0 radical (unpaired) electrons. The fraction of sp³-hybridized carbons (Fsp3) is 0.273. The molecule has 0 aliphatic heterocycles. The van der Waals surface area contributed by atoms with E-state index in [-0.39, 0.29) is 0 Å². The van der Waals surface area contributed by atoms with Crippen LogP contribution in [0, 0.1) is 36.2 Å². The Morgan fingerprint density at radius 3 is 1.14 bits per heavy atom. The third-order valence-corrected chi connectivity index (χ3v) is 13.3. The van der Waals surface area contributed by atoms with Crippen LogP contribution in [-0.4, -0.2) is 8.07 Å². The summed E-state index contributed by atoms with van der Waals surface area (Å²) in [6.07, 6.45) is 11.1. The standard InChI is InChI=1S/C33H35NSi/c1-9-28-11-17-31(18-12-28)34(32-19-13-29(10-2)14-20-32)33-21-15-30(16-22-33)23-24-35(25(3)4,26(5)6)27(7)8/h1-2,11-22,25-27H,3-8H3. The second-order valence-corrected chi connectivity index (χ2v) is 15.5. The van der Waals surface area contributed by atoms with E-state index in [0.29, 0.717) is 16.6 Å². The molecule has 0 aliphatic rings. The summed E-state index contributed by atoms with van der Waals surface area (Å²) in [5, 5.41) is 0. The Bertz CT molecular complexity index is 1190. The van der Waals surface area contributed by atoms with Crippen molar-refractivity contribution >= 4 is 25.1 Å². The van der Waals surface area contributed by atoms with Gasteiger partial charge in [-0.05, 0) is 89.4 Å². The Morgan fingerprint density at radius 1 is 0.543 bits per heavy atom. The van der Waals surface area contributed by atoms with Crippen LogP contribution in [0.15, 0.2) is 72.8 Å². The molecule has 0 aromatic heterocycles. The molecule has 0 heterocycles. The maximum atomic E-state index is 5.57. The third kappa shape index (κ3) is 5.54. The molecule has 35 heavy (non-hydrogen) atoms. The molecule has 3 rings (SSSR count). The van der Waals surface area contributed by atoms with Gasteiger partial charge in [0.1, 0.15) is 8.07 Å². The van der Waals surface area contributed by atoms with Gasteiger partial charge in [-0.25, -0.2) is 0 Å². The molecule has 176 valence electrons. The second-order valence-electron chi connectivity index (χ2n) is 9.91. The van der Waals surface area contributed by atoms with E-state index in [1.165, 1.54) is 0 Å². The zero-order valence-corrected chi connectivity index (χ0v) is 22.8. The molecule has 0 saturated heterocycles. The average molecular weight is 474 g/mol.